The molecule has 0 saturated carbocycles. The third kappa shape index (κ3) is 1.47. The van der Waals surface area contributed by atoms with Crippen LogP contribution in [0.3, 0.4) is 0 Å². The highest BCUT2D eigenvalue weighted by molar-refractivity contribution is 5.40. The van der Waals surface area contributed by atoms with Crippen LogP contribution in [0.15, 0.2) is 24.7 Å². The third-order valence-electron chi connectivity index (χ3n) is 2.14. The highest BCUT2D eigenvalue weighted by Gasteiger charge is 2.12. The Morgan fingerprint density at radius 2 is 2.36 bits per heavy atom. The second-order valence-corrected chi connectivity index (χ2v) is 3.33. The molecule has 2 unspecified atom stereocenters. The molecule has 2 rings (SSSR count). The summed E-state index contributed by atoms with van der Waals surface area (Å²) in [5.74, 6) is 0. The zero-order valence-corrected chi connectivity index (χ0v) is 7.83. The summed E-state index contributed by atoms with van der Waals surface area (Å²) >= 11 is 0. The molecule has 0 aliphatic heterocycles. The minimum absolute atomic E-state index is 0.291. The maximum absolute atomic E-state index is 9.71. The van der Waals surface area contributed by atoms with E-state index in [-0.39, 0.29) is 6.04 Å². The monoisotopic (exact) mass is 192 g/mol. The van der Waals surface area contributed by atoms with E-state index in [0.717, 1.165) is 5.56 Å². The summed E-state index contributed by atoms with van der Waals surface area (Å²) in [6.45, 7) is 1.76. The smallest absolute Gasteiger partial charge is 0.155 e. The van der Waals surface area contributed by atoms with Gasteiger partial charge in [0.25, 0.3) is 0 Å². The van der Waals surface area contributed by atoms with E-state index in [4.69, 9.17) is 5.73 Å². The molecule has 5 nitrogen and oxygen atoms in total. The Morgan fingerprint density at radius 1 is 1.57 bits per heavy atom. The second kappa shape index (κ2) is 3.36. The van der Waals surface area contributed by atoms with Crippen LogP contribution in [0.5, 0.6) is 0 Å². The molecule has 0 bridgehead atoms. The molecule has 3 N–H and O–H groups in total. The minimum Gasteiger partial charge on any atom is -0.387 e. The van der Waals surface area contributed by atoms with Gasteiger partial charge in [-0.3, -0.25) is 0 Å². The summed E-state index contributed by atoms with van der Waals surface area (Å²) in [6, 6.07) is 3.27. The summed E-state index contributed by atoms with van der Waals surface area (Å²) in [6.07, 6.45) is 2.57. The number of nitrogens with zero attached hydrogens (tertiary/aromatic N) is 3. The van der Waals surface area contributed by atoms with Crippen molar-refractivity contribution in [3.05, 3.63) is 30.2 Å². The van der Waals surface area contributed by atoms with Crippen LogP contribution in [0.25, 0.3) is 5.65 Å². The summed E-state index contributed by atoms with van der Waals surface area (Å²) in [4.78, 5) is 4.02. The minimum atomic E-state index is -0.656. The van der Waals surface area contributed by atoms with E-state index in [2.05, 4.69) is 10.1 Å². The molecular weight excluding hydrogens is 180 g/mol. The molecule has 2 heterocycles. The van der Waals surface area contributed by atoms with E-state index in [0.29, 0.717) is 5.65 Å². The number of pyridine rings is 1. The highest BCUT2D eigenvalue weighted by Crippen LogP contribution is 2.16. The number of fused-ring (bicyclic) bond motifs is 1. The highest BCUT2D eigenvalue weighted by atomic mass is 16.3. The average Bonchev–Trinajstić information content (AvgIpc) is 2.62. The van der Waals surface area contributed by atoms with Crippen LogP contribution in [0.1, 0.15) is 18.6 Å². The molecule has 0 amide bonds. The van der Waals surface area contributed by atoms with Gasteiger partial charge in [0.2, 0.25) is 0 Å². The largest absolute Gasteiger partial charge is 0.387 e. The van der Waals surface area contributed by atoms with Gasteiger partial charge in [-0.2, -0.15) is 5.10 Å². The van der Waals surface area contributed by atoms with Crippen molar-refractivity contribution in [2.24, 2.45) is 5.73 Å². The topological polar surface area (TPSA) is 76.4 Å². The van der Waals surface area contributed by atoms with Gasteiger partial charge >= 0.3 is 0 Å². The lowest BCUT2D eigenvalue weighted by Crippen LogP contribution is -2.24. The Balaban J connectivity index is 2.43. The normalized spacial score (nSPS) is 15.6. The Morgan fingerprint density at radius 3 is 3.07 bits per heavy atom. The van der Waals surface area contributed by atoms with E-state index in [1.807, 2.05) is 0 Å². The molecule has 2 atom stereocenters. The average molecular weight is 192 g/mol. The standard InChI is InChI=1S/C9H12N4O/c1-6(10)9(14)7-2-3-13-8(4-7)11-5-12-13/h2-6,9,14H,10H2,1H3. The van der Waals surface area contributed by atoms with Crippen LogP contribution >= 0.6 is 0 Å². The van der Waals surface area contributed by atoms with Crippen molar-refractivity contribution in [3.63, 3.8) is 0 Å². The quantitative estimate of drug-likeness (QED) is 0.708. The van der Waals surface area contributed by atoms with E-state index in [1.54, 1.807) is 29.8 Å². The number of aromatic nitrogens is 3. The summed E-state index contributed by atoms with van der Waals surface area (Å²) in [5.41, 5.74) is 7.07. The Labute approximate surface area is 81.2 Å². The maximum Gasteiger partial charge on any atom is 0.155 e. The molecule has 0 fully saturated rings. The third-order valence-corrected chi connectivity index (χ3v) is 2.14. The van der Waals surface area contributed by atoms with Crippen LogP contribution in [-0.4, -0.2) is 25.7 Å². The molecule has 74 valence electrons. The number of nitrogens with two attached hydrogens (primary N) is 1. The maximum atomic E-state index is 9.71. The SMILES string of the molecule is CC(N)C(O)c1ccn2ncnc2c1. The van der Waals surface area contributed by atoms with Crippen molar-refractivity contribution in [2.75, 3.05) is 0 Å². The van der Waals surface area contributed by atoms with Crippen LogP contribution in [-0.2, 0) is 0 Å². The predicted molar refractivity (Wildman–Crippen MR) is 51.6 cm³/mol. The van der Waals surface area contributed by atoms with Gasteiger partial charge < -0.3 is 10.8 Å². The summed E-state index contributed by atoms with van der Waals surface area (Å²) in [7, 11) is 0. The number of hydrogen-bond acceptors (Lipinski definition) is 4. The molecule has 0 radical (unpaired) electrons. The fourth-order valence-corrected chi connectivity index (χ4v) is 1.32. The summed E-state index contributed by atoms with van der Waals surface area (Å²) in [5, 5.41) is 13.7. The number of rotatable bonds is 2. The van der Waals surface area contributed by atoms with E-state index >= 15 is 0 Å². The van der Waals surface area contributed by atoms with Crippen molar-refractivity contribution >= 4 is 5.65 Å². The van der Waals surface area contributed by atoms with Crippen molar-refractivity contribution in [1.82, 2.24) is 14.6 Å². The number of hydrogen-bond donors (Lipinski definition) is 2. The lowest BCUT2D eigenvalue weighted by atomic mass is 10.1. The first-order valence-electron chi connectivity index (χ1n) is 4.41. The zero-order valence-electron chi connectivity index (χ0n) is 7.83. The first kappa shape index (κ1) is 9.11. The Hall–Kier alpha value is -1.46. The number of aliphatic hydroxyl groups excluding tert-OH is 1. The van der Waals surface area contributed by atoms with E-state index in [9.17, 15) is 5.11 Å². The Kier molecular flexibility index (Phi) is 2.18. The van der Waals surface area contributed by atoms with Crippen molar-refractivity contribution in [2.45, 2.75) is 19.1 Å². The van der Waals surface area contributed by atoms with Gasteiger partial charge in [0.05, 0.1) is 6.10 Å². The molecule has 0 aromatic carbocycles. The first-order valence-corrected chi connectivity index (χ1v) is 4.41. The molecule has 0 saturated heterocycles. The van der Waals surface area contributed by atoms with Gasteiger partial charge in [-0.05, 0) is 24.6 Å². The van der Waals surface area contributed by atoms with Crippen molar-refractivity contribution in [3.8, 4) is 0 Å². The molecule has 0 spiro atoms. The lowest BCUT2D eigenvalue weighted by molar-refractivity contribution is 0.153. The van der Waals surface area contributed by atoms with E-state index in [1.165, 1.54) is 6.33 Å². The summed E-state index contributed by atoms with van der Waals surface area (Å²) < 4.78 is 1.64. The van der Waals surface area contributed by atoms with Crippen LogP contribution in [0, 0.1) is 0 Å². The van der Waals surface area contributed by atoms with Gasteiger partial charge in [-0.25, -0.2) is 9.50 Å². The van der Waals surface area contributed by atoms with Crippen molar-refractivity contribution < 1.29 is 5.11 Å². The van der Waals surface area contributed by atoms with Crippen LogP contribution < -0.4 is 5.73 Å². The second-order valence-electron chi connectivity index (χ2n) is 3.33. The predicted octanol–water partition coefficient (Wildman–Crippen LogP) is 0.110. The zero-order chi connectivity index (χ0) is 10.1. The molecule has 2 aromatic rings. The van der Waals surface area contributed by atoms with Gasteiger partial charge in [0, 0.05) is 12.2 Å². The first-order chi connectivity index (χ1) is 6.68. The molecule has 5 heteroatoms. The molecule has 14 heavy (non-hydrogen) atoms. The van der Waals surface area contributed by atoms with Crippen LogP contribution in [0.2, 0.25) is 0 Å². The fraction of sp³-hybridized carbons (Fsp3) is 0.333. The van der Waals surface area contributed by atoms with Gasteiger partial charge in [0.1, 0.15) is 6.33 Å². The fourth-order valence-electron chi connectivity index (χ4n) is 1.32. The Bertz CT molecular complexity index is 437. The molecule has 2 aromatic heterocycles. The van der Waals surface area contributed by atoms with Gasteiger partial charge in [-0.15, -0.1) is 0 Å². The molecular formula is C9H12N4O. The lowest BCUT2D eigenvalue weighted by Gasteiger charge is -2.14. The molecule has 0 aliphatic carbocycles. The van der Waals surface area contributed by atoms with Gasteiger partial charge in [0.15, 0.2) is 5.65 Å². The van der Waals surface area contributed by atoms with Crippen molar-refractivity contribution in [1.29, 1.82) is 0 Å². The van der Waals surface area contributed by atoms with E-state index < -0.39 is 6.10 Å². The molecule has 0 aliphatic rings. The van der Waals surface area contributed by atoms with Gasteiger partial charge in [-0.1, -0.05) is 0 Å². The number of aliphatic hydroxyl groups is 1. The van der Waals surface area contributed by atoms with Crippen LogP contribution in [0.4, 0.5) is 0 Å².